The molecule has 1 saturated heterocycles. The van der Waals surface area contributed by atoms with Crippen LogP contribution in [0.4, 0.5) is 4.79 Å². The van der Waals surface area contributed by atoms with Crippen LogP contribution in [0.5, 0.6) is 0 Å². The highest BCUT2D eigenvalue weighted by molar-refractivity contribution is 5.98. The maximum absolute atomic E-state index is 13.0. The molecule has 12 nitrogen and oxygen atoms in total. The van der Waals surface area contributed by atoms with E-state index in [0.29, 0.717) is 50.2 Å². The molecule has 1 fully saturated rings. The van der Waals surface area contributed by atoms with Crippen molar-refractivity contribution in [1.82, 2.24) is 20.9 Å². The third-order valence-electron chi connectivity index (χ3n) is 15.5. The third-order valence-corrected chi connectivity index (χ3v) is 15.5. The first-order chi connectivity index (χ1) is 40.1. The molecule has 1 heterocycles. The number of ketones is 1. The predicted octanol–water partition coefficient (Wildman–Crippen LogP) is 17.5. The minimum atomic E-state index is -0.878. The van der Waals surface area contributed by atoms with Crippen molar-refractivity contribution in [2.75, 3.05) is 53.5 Å². The van der Waals surface area contributed by atoms with Gasteiger partial charge in [0.15, 0.2) is 11.6 Å². The molecule has 2 atom stereocenters. The molecule has 3 amide bonds. The first kappa shape index (κ1) is 74.0. The predicted molar refractivity (Wildman–Crippen MR) is 342 cm³/mol. The highest BCUT2D eigenvalue weighted by Crippen LogP contribution is 2.40. The molecule has 1 aliphatic rings. The van der Waals surface area contributed by atoms with Crippen LogP contribution >= 0.6 is 0 Å². The number of nitrogens with zero attached hydrogens (tertiary/aromatic N) is 1. The summed E-state index contributed by atoms with van der Waals surface area (Å²) >= 11 is 0. The molecule has 0 aliphatic carbocycles. The van der Waals surface area contributed by atoms with E-state index in [4.69, 9.17) is 19.3 Å². The lowest BCUT2D eigenvalue weighted by Gasteiger charge is -2.29. The fraction of sp³-hybridized carbons (Fsp3) is 0.743. The van der Waals surface area contributed by atoms with Crippen molar-refractivity contribution in [3.63, 3.8) is 0 Å². The van der Waals surface area contributed by atoms with Crippen LogP contribution < -0.4 is 16.0 Å². The maximum atomic E-state index is 13.0. The van der Waals surface area contributed by atoms with Gasteiger partial charge in [0.25, 0.3) is 5.91 Å². The number of Topliss-reactive ketones (excluding diaryl/α,β-unsaturated/α-hetero) is 1. The van der Waals surface area contributed by atoms with E-state index < -0.39 is 11.8 Å². The smallest absolute Gasteiger partial charge is 0.314 e. The summed E-state index contributed by atoms with van der Waals surface area (Å²) in [4.78, 5) is 50.2. The quantitative estimate of drug-likeness (QED) is 0.0283. The molecule has 1 aromatic rings. The number of nitrogens with one attached hydrogen (secondary N) is 3. The van der Waals surface area contributed by atoms with Crippen molar-refractivity contribution in [1.29, 1.82) is 0 Å². The van der Waals surface area contributed by atoms with Gasteiger partial charge < -0.3 is 40.2 Å². The Hall–Kier alpha value is -4.10. The van der Waals surface area contributed by atoms with Crippen molar-refractivity contribution in [3.8, 4) is 0 Å². The summed E-state index contributed by atoms with van der Waals surface area (Å²) in [6.45, 7) is 8.26. The fourth-order valence-corrected chi connectivity index (χ4v) is 10.4. The van der Waals surface area contributed by atoms with E-state index in [2.05, 4.69) is 97.4 Å². The van der Waals surface area contributed by atoms with Gasteiger partial charge in [0.2, 0.25) is 0 Å². The standard InChI is InChI=1S/C70H120N4O8/c1-5-7-9-11-13-15-17-19-21-23-25-27-29-31-35-40-54-70(55-41-36-32-30-28-26-24-22-20-18-16-14-12-10-8-6-2)81-65(52-59-74(3)4)66(82-70)53-61-80-60-44-37-33-34-39-46-64(75)62-48-50-63(51-49-62)68(78)71-56-42-38-43-57-72-69(79)73-58-45-47-67(76)77/h13-16,19-22,48-51,65-66H,5-12,17-18,23-47,52-61H2,1-4H3,(H,71,78)(H,76,77)(H2,72,73,79)/b15-13-,16-14-,21-19-,22-20-. The van der Waals surface area contributed by atoms with E-state index in [1.54, 1.807) is 24.3 Å². The number of ether oxygens (including phenoxy) is 3. The Labute approximate surface area is 500 Å². The average molecular weight is 1150 g/mol. The molecule has 0 radical (unpaired) electrons. The Bertz CT molecular complexity index is 1800. The summed E-state index contributed by atoms with van der Waals surface area (Å²) in [5.41, 5.74) is 1.16. The zero-order chi connectivity index (χ0) is 59.2. The van der Waals surface area contributed by atoms with E-state index >= 15 is 0 Å². The van der Waals surface area contributed by atoms with Crippen LogP contribution in [0.25, 0.3) is 0 Å². The number of aliphatic carboxylic acids is 1. The van der Waals surface area contributed by atoms with Crippen molar-refractivity contribution in [2.24, 2.45) is 0 Å². The highest BCUT2D eigenvalue weighted by atomic mass is 16.8. The van der Waals surface area contributed by atoms with Crippen LogP contribution in [0.1, 0.15) is 285 Å². The summed E-state index contributed by atoms with van der Waals surface area (Å²) in [7, 11) is 4.29. The van der Waals surface area contributed by atoms with Crippen molar-refractivity contribution >= 4 is 23.7 Å². The van der Waals surface area contributed by atoms with Crippen LogP contribution in [0.15, 0.2) is 72.9 Å². The number of unbranched alkanes of at least 4 members (excludes halogenated alkanes) is 24. The number of benzene rings is 1. The molecular formula is C70H120N4O8. The van der Waals surface area contributed by atoms with Crippen LogP contribution in [0.2, 0.25) is 0 Å². The maximum Gasteiger partial charge on any atom is 0.314 e. The number of hydrogen-bond acceptors (Lipinski definition) is 8. The van der Waals surface area contributed by atoms with Crippen molar-refractivity contribution in [3.05, 3.63) is 84.0 Å². The van der Waals surface area contributed by atoms with Crippen LogP contribution in [-0.2, 0) is 19.0 Å². The summed E-state index contributed by atoms with van der Waals surface area (Å²) < 4.78 is 20.5. The van der Waals surface area contributed by atoms with Crippen molar-refractivity contribution in [2.45, 2.75) is 282 Å². The monoisotopic (exact) mass is 1140 g/mol. The summed E-state index contributed by atoms with van der Waals surface area (Å²) in [5.74, 6) is -1.44. The molecule has 0 saturated carbocycles. The number of carboxylic acid groups (broad SMARTS) is 1. The highest BCUT2D eigenvalue weighted by Gasteiger charge is 2.46. The second-order valence-electron chi connectivity index (χ2n) is 23.4. The molecule has 2 unspecified atom stereocenters. The average Bonchev–Trinajstić information content (AvgIpc) is 3.90. The molecule has 12 heteroatoms. The Morgan fingerprint density at radius 1 is 0.500 bits per heavy atom. The van der Waals surface area contributed by atoms with Crippen LogP contribution in [0, 0.1) is 0 Å². The van der Waals surface area contributed by atoms with Gasteiger partial charge in [-0.2, -0.15) is 0 Å². The van der Waals surface area contributed by atoms with Crippen LogP contribution in [0.3, 0.4) is 0 Å². The van der Waals surface area contributed by atoms with Crippen molar-refractivity contribution < 1.29 is 38.5 Å². The number of urea groups is 1. The van der Waals surface area contributed by atoms with Crippen LogP contribution in [-0.4, -0.2) is 105 Å². The molecule has 4 N–H and O–H groups in total. The lowest BCUT2D eigenvalue weighted by atomic mass is 9.98. The number of hydrogen-bond donors (Lipinski definition) is 4. The van der Waals surface area contributed by atoms with Gasteiger partial charge in [0.05, 0.1) is 12.2 Å². The Balaban J connectivity index is 1.72. The first-order valence-corrected chi connectivity index (χ1v) is 33.4. The van der Waals surface area contributed by atoms with Gasteiger partial charge in [-0.3, -0.25) is 14.4 Å². The van der Waals surface area contributed by atoms with Gasteiger partial charge in [-0.1, -0.05) is 171 Å². The summed E-state index contributed by atoms with van der Waals surface area (Å²) in [6.07, 6.45) is 60.8. The minimum Gasteiger partial charge on any atom is -0.481 e. The third kappa shape index (κ3) is 41.8. The van der Waals surface area contributed by atoms with Gasteiger partial charge in [-0.25, -0.2) is 4.79 Å². The minimum absolute atomic E-state index is 0.0253. The SMILES string of the molecule is CCCCC/C=C\C/C=C\CCCCCCCCC1(CCCCCCCC/C=C\C/C=C\CCCCC)OC(CCOCCCCCCCC(=O)c2ccc(C(=O)NCCCCCNC(=O)NCCCC(=O)O)cc2)C(CCN(C)C)O1. The van der Waals surface area contributed by atoms with Gasteiger partial charge in [0.1, 0.15) is 0 Å². The zero-order valence-electron chi connectivity index (χ0n) is 52.7. The second kappa shape index (κ2) is 52.5. The van der Waals surface area contributed by atoms with E-state index in [9.17, 15) is 19.2 Å². The second-order valence-corrected chi connectivity index (χ2v) is 23.4. The fourth-order valence-electron chi connectivity index (χ4n) is 10.4. The molecule has 0 spiro atoms. The van der Waals surface area contributed by atoms with E-state index in [1.807, 2.05) is 0 Å². The topological polar surface area (TPSA) is 156 Å². The van der Waals surface area contributed by atoms with Gasteiger partial charge in [-0.15, -0.1) is 0 Å². The first-order valence-electron chi connectivity index (χ1n) is 33.4. The largest absolute Gasteiger partial charge is 0.481 e. The zero-order valence-corrected chi connectivity index (χ0v) is 52.7. The van der Waals surface area contributed by atoms with E-state index in [0.717, 1.165) is 116 Å². The lowest BCUT2D eigenvalue weighted by Crippen LogP contribution is -2.36. The molecule has 82 heavy (non-hydrogen) atoms. The summed E-state index contributed by atoms with van der Waals surface area (Å²) in [5, 5.41) is 17.0. The Kier molecular flexibility index (Phi) is 47.3. The number of carbonyl (C=O) groups is 4. The number of allylic oxidation sites excluding steroid dienone is 8. The molecule has 0 aromatic heterocycles. The van der Waals surface area contributed by atoms with Gasteiger partial charge in [-0.05, 0) is 155 Å². The van der Waals surface area contributed by atoms with Gasteiger partial charge >= 0.3 is 12.0 Å². The Morgan fingerprint density at radius 2 is 0.939 bits per heavy atom. The molecule has 1 aliphatic heterocycles. The number of carboxylic acids is 1. The lowest BCUT2D eigenvalue weighted by molar-refractivity contribution is -0.188. The number of rotatable bonds is 56. The van der Waals surface area contributed by atoms with E-state index in [-0.39, 0.29) is 36.4 Å². The normalized spacial score (nSPS) is 15.3. The molecule has 468 valence electrons. The Morgan fingerprint density at radius 3 is 1.46 bits per heavy atom. The van der Waals surface area contributed by atoms with Gasteiger partial charge in [0, 0.05) is 76.2 Å². The number of amides is 3. The molecule has 2 rings (SSSR count). The van der Waals surface area contributed by atoms with E-state index in [1.165, 1.54) is 128 Å². The molecular weight excluding hydrogens is 1020 g/mol. The molecule has 0 bridgehead atoms. The number of carbonyl (C=O) groups excluding carboxylic acids is 3. The molecule has 1 aromatic carbocycles. The summed E-state index contributed by atoms with van der Waals surface area (Å²) in [6, 6.07) is 6.62.